The number of nitrogens with two attached hydrogens (primary N) is 1. The maximum atomic E-state index is 5.59. The number of benzene rings is 1. The molecule has 4 nitrogen and oxygen atoms in total. The van der Waals surface area contributed by atoms with Gasteiger partial charge in [-0.25, -0.2) is 0 Å². The lowest BCUT2D eigenvalue weighted by molar-refractivity contribution is 0.422. The second-order valence-corrected chi connectivity index (χ2v) is 3.39. The normalized spacial score (nSPS) is 10.5. The zero-order chi connectivity index (χ0) is 10.7. The van der Waals surface area contributed by atoms with Gasteiger partial charge in [0.15, 0.2) is 5.82 Å². The van der Waals surface area contributed by atoms with Gasteiger partial charge in [-0.15, -0.1) is 0 Å². The van der Waals surface area contributed by atoms with Crippen LogP contribution in [0.2, 0.25) is 0 Å². The molecule has 0 aliphatic heterocycles. The molecule has 0 unspecified atom stereocenters. The predicted octanol–water partition coefficient (Wildman–Crippen LogP) is 2.27. The Labute approximate surface area is 88.1 Å². The van der Waals surface area contributed by atoms with Crippen molar-refractivity contribution in [2.45, 2.75) is 19.8 Å². The minimum atomic E-state index is 0.554. The Hall–Kier alpha value is -1.84. The van der Waals surface area contributed by atoms with Crippen molar-refractivity contribution in [2.24, 2.45) is 0 Å². The number of rotatable bonds is 3. The summed E-state index contributed by atoms with van der Waals surface area (Å²) >= 11 is 0. The van der Waals surface area contributed by atoms with Gasteiger partial charge in [-0.05, 0) is 30.7 Å². The third-order valence-electron chi connectivity index (χ3n) is 2.10. The number of hydrogen-bond donors (Lipinski definition) is 1. The van der Waals surface area contributed by atoms with Gasteiger partial charge in [0, 0.05) is 17.7 Å². The second kappa shape index (κ2) is 4.13. The summed E-state index contributed by atoms with van der Waals surface area (Å²) in [6.07, 6.45) is 1.86. The van der Waals surface area contributed by atoms with Crippen LogP contribution in [0.5, 0.6) is 0 Å². The standard InChI is InChI=1S/C11H13N3O/c1-2-3-10-13-11(15-14-10)8-4-6-9(12)7-5-8/h4-7H,2-3,12H2,1H3. The summed E-state index contributed by atoms with van der Waals surface area (Å²) in [6.45, 7) is 2.08. The molecule has 4 heteroatoms. The lowest BCUT2D eigenvalue weighted by Gasteiger charge is -1.94. The molecule has 0 fully saturated rings. The van der Waals surface area contributed by atoms with E-state index in [4.69, 9.17) is 10.3 Å². The molecule has 2 rings (SSSR count). The van der Waals surface area contributed by atoms with Gasteiger partial charge in [0.1, 0.15) is 0 Å². The smallest absolute Gasteiger partial charge is 0.257 e. The topological polar surface area (TPSA) is 64.9 Å². The van der Waals surface area contributed by atoms with Crippen molar-refractivity contribution >= 4 is 5.69 Å². The van der Waals surface area contributed by atoms with Gasteiger partial charge in [0.2, 0.25) is 0 Å². The van der Waals surface area contributed by atoms with Crippen LogP contribution in [-0.2, 0) is 6.42 Å². The van der Waals surface area contributed by atoms with E-state index in [1.165, 1.54) is 0 Å². The summed E-state index contributed by atoms with van der Waals surface area (Å²) in [6, 6.07) is 7.38. The fraction of sp³-hybridized carbons (Fsp3) is 0.273. The third kappa shape index (κ3) is 2.15. The molecule has 0 saturated carbocycles. The first-order chi connectivity index (χ1) is 7.29. The van der Waals surface area contributed by atoms with E-state index in [0.29, 0.717) is 5.89 Å². The van der Waals surface area contributed by atoms with Crippen LogP contribution in [0.25, 0.3) is 11.5 Å². The molecule has 0 bridgehead atoms. The molecule has 1 heterocycles. The fourth-order valence-corrected chi connectivity index (χ4v) is 1.32. The van der Waals surface area contributed by atoms with Crippen molar-refractivity contribution in [1.82, 2.24) is 10.1 Å². The summed E-state index contributed by atoms with van der Waals surface area (Å²) < 4.78 is 5.14. The molecule has 15 heavy (non-hydrogen) atoms. The Morgan fingerprint density at radius 2 is 2.00 bits per heavy atom. The highest BCUT2D eigenvalue weighted by molar-refractivity contribution is 5.56. The Bertz CT molecular complexity index is 433. The van der Waals surface area contributed by atoms with Crippen molar-refractivity contribution < 1.29 is 4.52 Å². The SMILES string of the molecule is CCCc1noc(-c2ccc(N)cc2)n1. The third-order valence-corrected chi connectivity index (χ3v) is 2.10. The van der Waals surface area contributed by atoms with Crippen molar-refractivity contribution in [3.8, 4) is 11.5 Å². The maximum Gasteiger partial charge on any atom is 0.257 e. The molecule has 0 atom stereocenters. The summed E-state index contributed by atoms with van der Waals surface area (Å²) in [5.41, 5.74) is 7.22. The molecule has 78 valence electrons. The van der Waals surface area contributed by atoms with Gasteiger partial charge < -0.3 is 10.3 Å². The number of nitrogen functional groups attached to an aromatic ring is 1. The van der Waals surface area contributed by atoms with Crippen molar-refractivity contribution in [1.29, 1.82) is 0 Å². The lowest BCUT2D eigenvalue weighted by atomic mass is 10.2. The zero-order valence-corrected chi connectivity index (χ0v) is 8.60. The number of hydrogen-bond acceptors (Lipinski definition) is 4. The van der Waals surface area contributed by atoms with Crippen LogP contribution in [-0.4, -0.2) is 10.1 Å². The summed E-state index contributed by atoms with van der Waals surface area (Å²) in [5.74, 6) is 1.31. The van der Waals surface area contributed by atoms with Gasteiger partial charge in [0.25, 0.3) is 5.89 Å². The van der Waals surface area contributed by atoms with Gasteiger partial charge in [-0.2, -0.15) is 4.98 Å². The monoisotopic (exact) mass is 203 g/mol. The average molecular weight is 203 g/mol. The summed E-state index contributed by atoms with van der Waals surface area (Å²) in [7, 11) is 0. The minimum Gasteiger partial charge on any atom is -0.399 e. The van der Waals surface area contributed by atoms with Gasteiger partial charge in [0.05, 0.1) is 0 Å². The fourth-order valence-electron chi connectivity index (χ4n) is 1.32. The first-order valence-electron chi connectivity index (χ1n) is 4.98. The number of aromatic nitrogens is 2. The first kappa shape index (κ1) is 9.71. The number of nitrogens with zero attached hydrogens (tertiary/aromatic N) is 2. The molecule has 0 radical (unpaired) electrons. The Balaban J connectivity index is 2.25. The van der Waals surface area contributed by atoms with Crippen LogP contribution in [0, 0.1) is 0 Å². The van der Waals surface area contributed by atoms with Crippen LogP contribution < -0.4 is 5.73 Å². The Morgan fingerprint density at radius 1 is 1.27 bits per heavy atom. The van der Waals surface area contributed by atoms with Crippen molar-refractivity contribution in [3.63, 3.8) is 0 Å². The average Bonchev–Trinajstić information content (AvgIpc) is 2.68. The van der Waals surface area contributed by atoms with Crippen LogP contribution >= 0.6 is 0 Å². The molecule has 0 amide bonds. The largest absolute Gasteiger partial charge is 0.399 e. The van der Waals surface area contributed by atoms with Crippen LogP contribution in [0.4, 0.5) is 5.69 Å². The predicted molar refractivity (Wildman–Crippen MR) is 58.1 cm³/mol. The van der Waals surface area contributed by atoms with E-state index in [1.54, 1.807) is 0 Å². The second-order valence-electron chi connectivity index (χ2n) is 3.39. The van der Waals surface area contributed by atoms with Crippen LogP contribution in [0.15, 0.2) is 28.8 Å². The number of anilines is 1. The van der Waals surface area contributed by atoms with E-state index >= 15 is 0 Å². The van der Waals surface area contributed by atoms with E-state index in [-0.39, 0.29) is 0 Å². The highest BCUT2D eigenvalue weighted by Crippen LogP contribution is 2.18. The van der Waals surface area contributed by atoms with Gasteiger partial charge in [-0.1, -0.05) is 12.1 Å². The minimum absolute atomic E-state index is 0.554. The lowest BCUT2D eigenvalue weighted by Crippen LogP contribution is -1.86. The molecule has 2 N–H and O–H groups in total. The molecular formula is C11H13N3O. The maximum absolute atomic E-state index is 5.59. The molecule has 1 aromatic carbocycles. The van der Waals surface area contributed by atoms with Crippen molar-refractivity contribution in [2.75, 3.05) is 5.73 Å². The van der Waals surface area contributed by atoms with E-state index in [0.717, 1.165) is 29.9 Å². The molecule has 1 aromatic heterocycles. The number of aryl methyl sites for hydroxylation is 1. The van der Waals surface area contributed by atoms with E-state index in [9.17, 15) is 0 Å². The van der Waals surface area contributed by atoms with Crippen LogP contribution in [0.1, 0.15) is 19.2 Å². The zero-order valence-electron chi connectivity index (χ0n) is 8.60. The van der Waals surface area contributed by atoms with E-state index in [1.807, 2.05) is 24.3 Å². The van der Waals surface area contributed by atoms with E-state index in [2.05, 4.69) is 17.1 Å². The Morgan fingerprint density at radius 3 is 2.67 bits per heavy atom. The molecule has 0 spiro atoms. The molecule has 0 aliphatic carbocycles. The molecule has 0 aliphatic rings. The highest BCUT2D eigenvalue weighted by atomic mass is 16.5. The molecular weight excluding hydrogens is 190 g/mol. The summed E-state index contributed by atoms with van der Waals surface area (Å²) in [4.78, 5) is 4.28. The van der Waals surface area contributed by atoms with Crippen LogP contribution in [0.3, 0.4) is 0 Å². The van der Waals surface area contributed by atoms with Crippen molar-refractivity contribution in [3.05, 3.63) is 30.1 Å². The molecule has 0 saturated heterocycles. The van der Waals surface area contributed by atoms with Gasteiger partial charge in [-0.3, -0.25) is 0 Å². The first-order valence-corrected chi connectivity index (χ1v) is 4.98. The summed E-state index contributed by atoms with van der Waals surface area (Å²) in [5, 5.41) is 3.89. The molecule has 2 aromatic rings. The van der Waals surface area contributed by atoms with Gasteiger partial charge >= 0.3 is 0 Å². The quantitative estimate of drug-likeness (QED) is 0.777. The van der Waals surface area contributed by atoms with E-state index < -0.39 is 0 Å². The Kier molecular flexibility index (Phi) is 2.67. The highest BCUT2D eigenvalue weighted by Gasteiger charge is 2.07.